The molecule has 61 heavy (non-hydrogen) atoms. The molecule has 0 aliphatic carbocycles. The van der Waals surface area contributed by atoms with Crippen LogP contribution < -0.4 is 0 Å². The zero-order chi connectivity index (χ0) is 41.5. The summed E-state index contributed by atoms with van der Waals surface area (Å²) in [7, 11) is 0. The molecule has 0 fully saturated rings. The topological polar surface area (TPSA) is 50.9 Å². The monoisotopic (exact) mass is 785 g/mol. The second-order valence-corrected chi connectivity index (χ2v) is 15.9. The van der Waals surface area contributed by atoms with Crippen LogP contribution in [0.25, 0.3) is 95.0 Å². The van der Waals surface area contributed by atoms with E-state index in [2.05, 4.69) is 182 Å². The molecule has 0 atom stereocenters. The number of nitrogens with zero attached hydrogens (tertiary/aromatic N) is 3. The maximum atomic E-state index is 11.7. The summed E-state index contributed by atoms with van der Waals surface area (Å²) in [5, 5.41) is 11.7. The molecule has 0 bridgehead atoms. The Hall–Kier alpha value is -7.82. The van der Waals surface area contributed by atoms with Crippen molar-refractivity contribution in [1.29, 1.82) is 0 Å². The number of aromatic nitrogens is 3. The molecule has 10 aromatic rings. The number of imidazole rings is 1. The van der Waals surface area contributed by atoms with Gasteiger partial charge in [-0.25, -0.2) is 4.98 Å². The summed E-state index contributed by atoms with van der Waals surface area (Å²) in [5.41, 5.74) is 19.4. The predicted octanol–water partition coefficient (Wildman–Crippen LogP) is 14.7. The summed E-state index contributed by atoms with van der Waals surface area (Å²) in [6, 6.07) is 68.3. The van der Waals surface area contributed by atoms with Crippen LogP contribution in [-0.2, 0) is 0 Å². The molecule has 0 aliphatic rings. The Balaban J connectivity index is 1.16. The molecule has 0 spiro atoms. The van der Waals surface area contributed by atoms with Crippen molar-refractivity contribution in [2.24, 2.45) is 0 Å². The van der Waals surface area contributed by atoms with Crippen LogP contribution in [-0.4, -0.2) is 19.6 Å². The van der Waals surface area contributed by atoms with Gasteiger partial charge >= 0.3 is 0 Å². The smallest absolute Gasteiger partial charge is 0.149 e. The van der Waals surface area contributed by atoms with Gasteiger partial charge in [-0.2, -0.15) is 0 Å². The number of phenolic OH excluding ortho intramolecular Hbond substituents is 1. The number of aromatic hydroxyl groups is 1. The highest BCUT2D eigenvalue weighted by atomic mass is 16.3. The summed E-state index contributed by atoms with van der Waals surface area (Å²) in [6.07, 6.45) is 1.90. The lowest BCUT2D eigenvalue weighted by atomic mass is 9.93. The second-order valence-electron chi connectivity index (χ2n) is 15.9. The van der Waals surface area contributed by atoms with Gasteiger partial charge in [0.25, 0.3) is 0 Å². The number of hydrogen-bond donors (Lipinski definition) is 1. The van der Waals surface area contributed by atoms with E-state index < -0.39 is 0 Å². The van der Waals surface area contributed by atoms with Crippen LogP contribution in [0, 0.1) is 20.8 Å². The summed E-state index contributed by atoms with van der Waals surface area (Å²) < 4.78 is 2.21. The van der Waals surface area contributed by atoms with E-state index >= 15 is 0 Å². The van der Waals surface area contributed by atoms with E-state index in [0.29, 0.717) is 11.4 Å². The van der Waals surface area contributed by atoms with Crippen LogP contribution in [0.2, 0.25) is 0 Å². The highest BCUT2D eigenvalue weighted by Crippen LogP contribution is 2.42. The lowest BCUT2D eigenvalue weighted by molar-refractivity contribution is 0.472. The van der Waals surface area contributed by atoms with E-state index in [4.69, 9.17) is 9.97 Å². The summed E-state index contributed by atoms with van der Waals surface area (Å²) in [4.78, 5) is 10.4. The molecular formula is C57H43N3O. The van der Waals surface area contributed by atoms with Gasteiger partial charge in [-0.15, -0.1) is 0 Å². The first kappa shape index (κ1) is 37.5. The third kappa shape index (κ3) is 7.30. The Morgan fingerprint density at radius 2 is 0.967 bits per heavy atom. The Bertz CT molecular complexity index is 3210. The summed E-state index contributed by atoms with van der Waals surface area (Å²) in [5.74, 6) is 0.914. The minimum Gasteiger partial charge on any atom is -0.507 e. The molecule has 0 unspecified atom stereocenters. The van der Waals surface area contributed by atoms with E-state index in [-0.39, 0.29) is 5.75 Å². The van der Waals surface area contributed by atoms with E-state index in [1.54, 1.807) is 0 Å². The first-order valence-electron chi connectivity index (χ1n) is 20.7. The fourth-order valence-corrected chi connectivity index (χ4v) is 8.58. The molecule has 1 N–H and O–H groups in total. The van der Waals surface area contributed by atoms with Gasteiger partial charge in [0.2, 0.25) is 0 Å². The van der Waals surface area contributed by atoms with Crippen molar-refractivity contribution in [1.82, 2.24) is 14.5 Å². The molecule has 0 aliphatic heterocycles. The minimum atomic E-state index is 0.230. The van der Waals surface area contributed by atoms with Crippen molar-refractivity contribution in [3.8, 4) is 89.7 Å². The van der Waals surface area contributed by atoms with Gasteiger partial charge in [-0.1, -0.05) is 140 Å². The van der Waals surface area contributed by atoms with E-state index in [9.17, 15) is 5.11 Å². The van der Waals surface area contributed by atoms with Crippen molar-refractivity contribution < 1.29 is 5.11 Å². The zero-order valence-electron chi connectivity index (χ0n) is 34.3. The van der Waals surface area contributed by atoms with Crippen LogP contribution in [0.4, 0.5) is 0 Å². The summed E-state index contributed by atoms with van der Waals surface area (Å²) >= 11 is 0. The average Bonchev–Trinajstić information content (AvgIpc) is 3.71. The van der Waals surface area contributed by atoms with E-state index in [1.165, 1.54) is 11.1 Å². The van der Waals surface area contributed by atoms with Crippen LogP contribution >= 0.6 is 0 Å². The number of pyridine rings is 1. The van der Waals surface area contributed by atoms with Crippen LogP contribution in [0.3, 0.4) is 0 Å². The third-order valence-electron chi connectivity index (χ3n) is 11.5. The molecule has 292 valence electrons. The van der Waals surface area contributed by atoms with Gasteiger partial charge in [0, 0.05) is 23.0 Å². The first-order valence-corrected chi connectivity index (χ1v) is 20.7. The fourth-order valence-electron chi connectivity index (χ4n) is 8.58. The standard InChI is InChI=1S/C57H43N3O/c1-37-28-39(3)56(61)52(31-37)57-59-55-51(20-13-21-54(55)60(57)50-30-38(2)29-46(35-50)41-16-9-5-10-17-41)48-32-47(42-18-11-6-12-19-42)33-49(34-48)53-36-45(26-27-58-53)44-24-22-43(23-25-44)40-14-7-4-8-15-40/h4-36,61H,1-3H3. The maximum absolute atomic E-state index is 11.7. The Labute approximate surface area is 356 Å². The Kier molecular flexibility index (Phi) is 9.66. The third-order valence-corrected chi connectivity index (χ3v) is 11.5. The normalized spacial score (nSPS) is 11.3. The highest BCUT2D eigenvalue weighted by Gasteiger charge is 2.22. The molecule has 2 heterocycles. The van der Waals surface area contributed by atoms with Crippen LogP contribution in [0.1, 0.15) is 16.7 Å². The SMILES string of the molecule is Cc1cc(-c2ccccc2)cc(-n2c(-c3cc(C)cc(C)c3O)nc3c(-c4cc(-c5ccccc5)cc(-c5cc(-c6ccc(-c7ccccc7)cc6)ccn5)c4)cccc32)c1. The number of rotatable bonds is 8. The first-order chi connectivity index (χ1) is 29.9. The molecule has 4 heteroatoms. The molecule has 8 aromatic carbocycles. The van der Waals surface area contributed by atoms with Crippen molar-refractivity contribution >= 4 is 11.0 Å². The predicted molar refractivity (Wildman–Crippen MR) is 253 cm³/mol. The van der Waals surface area contributed by atoms with Gasteiger partial charge < -0.3 is 5.11 Å². The maximum Gasteiger partial charge on any atom is 0.149 e. The average molecular weight is 786 g/mol. The lowest BCUT2D eigenvalue weighted by Gasteiger charge is -2.15. The van der Waals surface area contributed by atoms with Gasteiger partial charge in [0.15, 0.2) is 0 Å². The van der Waals surface area contributed by atoms with Crippen molar-refractivity contribution in [3.05, 3.63) is 217 Å². The fraction of sp³-hybridized carbons (Fsp3) is 0.0526. The Morgan fingerprint density at radius 1 is 0.410 bits per heavy atom. The van der Waals surface area contributed by atoms with Crippen LogP contribution in [0.15, 0.2) is 200 Å². The summed E-state index contributed by atoms with van der Waals surface area (Å²) in [6.45, 7) is 6.14. The van der Waals surface area contributed by atoms with Gasteiger partial charge in [0.05, 0.1) is 22.3 Å². The number of benzene rings is 8. The van der Waals surface area contributed by atoms with Gasteiger partial charge in [-0.05, 0) is 142 Å². The highest BCUT2D eigenvalue weighted by molar-refractivity contribution is 5.98. The molecule has 0 amide bonds. The van der Waals surface area contributed by atoms with E-state index in [0.717, 1.165) is 89.2 Å². The van der Waals surface area contributed by atoms with Crippen molar-refractivity contribution in [2.75, 3.05) is 0 Å². The number of para-hydroxylation sites is 1. The molecule has 0 radical (unpaired) electrons. The molecular weight excluding hydrogens is 743 g/mol. The number of hydrogen-bond acceptors (Lipinski definition) is 3. The molecule has 10 rings (SSSR count). The Morgan fingerprint density at radius 3 is 1.64 bits per heavy atom. The molecule has 2 aromatic heterocycles. The lowest BCUT2D eigenvalue weighted by Crippen LogP contribution is -2.00. The zero-order valence-corrected chi connectivity index (χ0v) is 34.3. The van der Waals surface area contributed by atoms with Crippen LogP contribution in [0.5, 0.6) is 5.75 Å². The second kappa shape index (κ2) is 15.7. The van der Waals surface area contributed by atoms with E-state index in [1.807, 2.05) is 43.5 Å². The van der Waals surface area contributed by atoms with Crippen molar-refractivity contribution in [3.63, 3.8) is 0 Å². The number of fused-ring (bicyclic) bond motifs is 1. The molecule has 0 saturated heterocycles. The quantitative estimate of drug-likeness (QED) is 0.167. The number of aryl methyl sites for hydroxylation is 3. The van der Waals surface area contributed by atoms with Gasteiger partial charge in [-0.3, -0.25) is 9.55 Å². The number of phenols is 1. The van der Waals surface area contributed by atoms with Crippen molar-refractivity contribution in [2.45, 2.75) is 20.8 Å². The minimum absolute atomic E-state index is 0.230. The molecule has 0 saturated carbocycles. The largest absolute Gasteiger partial charge is 0.507 e. The molecule has 4 nitrogen and oxygen atoms in total. The van der Waals surface area contributed by atoms with Gasteiger partial charge in [0.1, 0.15) is 11.6 Å².